The molecule has 0 amide bonds. The molecule has 0 radical (unpaired) electrons. The number of ketones is 1. The van der Waals surface area contributed by atoms with Crippen LogP contribution in [0.15, 0.2) is 0 Å². The third-order valence-corrected chi connectivity index (χ3v) is 9.45. The van der Waals surface area contributed by atoms with E-state index in [1.165, 1.54) is 12.8 Å². The predicted octanol–water partition coefficient (Wildman–Crippen LogP) is 6.56. The summed E-state index contributed by atoms with van der Waals surface area (Å²) in [7, 11) is 0. The first kappa shape index (κ1) is 18.8. The summed E-state index contributed by atoms with van der Waals surface area (Å²) < 4.78 is 38.3. The van der Waals surface area contributed by atoms with Crippen LogP contribution in [-0.4, -0.2) is 12.0 Å². The van der Waals surface area contributed by atoms with Crippen LogP contribution in [0, 0.1) is 40.4 Å². The number of hydrogen-bond donors (Lipinski definition) is 0. The van der Waals surface area contributed by atoms with Gasteiger partial charge >= 0.3 is 6.18 Å². The normalized spacial score (nSPS) is 48.7. The van der Waals surface area contributed by atoms with E-state index in [-0.39, 0.29) is 11.3 Å². The minimum atomic E-state index is -4.02. The second-order valence-corrected chi connectivity index (χ2v) is 10.4. The van der Waals surface area contributed by atoms with Gasteiger partial charge in [-0.15, -0.1) is 0 Å². The lowest BCUT2D eigenvalue weighted by atomic mass is 9.44. The van der Waals surface area contributed by atoms with Crippen molar-refractivity contribution in [2.24, 2.45) is 40.4 Å². The Morgan fingerprint density at radius 2 is 1.69 bits per heavy atom. The average Bonchev–Trinajstić information content (AvgIpc) is 2.89. The number of hydrogen-bond acceptors (Lipinski definition) is 1. The Hall–Kier alpha value is -0.540. The Labute approximate surface area is 155 Å². The van der Waals surface area contributed by atoms with Crippen LogP contribution >= 0.6 is 0 Å². The first-order chi connectivity index (χ1) is 12.1. The molecule has 4 aliphatic carbocycles. The summed E-state index contributed by atoms with van der Waals surface area (Å²) in [4.78, 5) is 12.0. The molecule has 7 atom stereocenters. The van der Waals surface area contributed by atoms with Crippen molar-refractivity contribution in [3.63, 3.8) is 0 Å². The van der Waals surface area contributed by atoms with E-state index in [4.69, 9.17) is 0 Å². The molecule has 0 spiro atoms. The molecule has 0 heterocycles. The number of Topliss-reactive ketones (excluding diaryl/α,β-unsaturated/α-hetero) is 1. The molecule has 0 aliphatic heterocycles. The molecular weight excluding hydrogens is 337 g/mol. The third kappa shape index (κ3) is 2.94. The van der Waals surface area contributed by atoms with Gasteiger partial charge in [-0.3, -0.25) is 4.79 Å². The molecule has 6 unspecified atom stereocenters. The van der Waals surface area contributed by atoms with Crippen molar-refractivity contribution in [3.05, 3.63) is 0 Å². The third-order valence-electron chi connectivity index (χ3n) is 9.45. The summed E-state index contributed by atoms with van der Waals surface area (Å²) >= 11 is 0. The van der Waals surface area contributed by atoms with Gasteiger partial charge in [0, 0.05) is 19.3 Å². The second kappa shape index (κ2) is 6.24. The predicted molar refractivity (Wildman–Crippen MR) is 95.5 cm³/mol. The number of halogens is 3. The zero-order valence-electron chi connectivity index (χ0n) is 16.2. The van der Waals surface area contributed by atoms with Crippen molar-refractivity contribution in [3.8, 4) is 0 Å². The Morgan fingerprint density at radius 1 is 0.962 bits per heavy atom. The fraction of sp³-hybridized carbons (Fsp3) is 0.955. The quantitative estimate of drug-likeness (QED) is 0.538. The highest BCUT2D eigenvalue weighted by atomic mass is 19.4. The molecule has 0 saturated heterocycles. The number of alkyl halides is 3. The number of carbonyl (C=O) groups excluding carboxylic acids is 1. The Balaban J connectivity index is 1.52. The van der Waals surface area contributed by atoms with E-state index in [1.54, 1.807) is 0 Å². The summed E-state index contributed by atoms with van der Waals surface area (Å²) in [6.45, 7) is 4.74. The molecule has 4 heteroatoms. The number of rotatable bonds is 2. The van der Waals surface area contributed by atoms with Crippen LogP contribution < -0.4 is 0 Å². The highest BCUT2D eigenvalue weighted by Gasteiger charge is 2.60. The van der Waals surface area contributed by atoms with Gasteiger partial charge in [-0.1, -0.05) is 13.8 Å². The van der Waals surface area contributed by atoms with Gasteiger partial charge in [0.1, 0.15) is 5.78 Å². The van der Waals surface area contributed by atoms with Gasteiger partial charge in [-0.2, -0.15) is 13.2 Å². The average molecular weight is 370 g/mol. The van der Waals surface area contributed by atoms with Crippen LogP contribution in [0.2, 0.25) is 0 Å². The molecule has 0 N–H and O–H groups in total. The zero-order valence-corrected chi connectivity index (χ0v) is 16.2. The smallest absolute Gasteiger partial charge is 0.300 e. The van der Waals surface area contributed by atoms with Crippen LogP contribution in [0.5, 0.6) is 0 Å². The number of fused-ring (bicyclic) bond motifs is 5. The van der Waals surface area contributed by atoms with Crippen LogP contribution in [0.1, 0.15) is 84.5 Å². The van der Waals surface area contributed by atoms with Crippen molar-refractivity contribution in [1.82, 2.24) is 0 Å². The standard InChI is InChI=1S/C22H33F3O/c1-20-11-9-19-17(5-3-15-13-16(26)8-10-21(15,19)2)18(20)6-4-14(20)7-12-22(23,24)25/h14-15,17-19H,3-13H2,1-2H3/t14?,15?,17?,18?,19?,20?,21-/m0/s1. The van der Waals surface area contributed by atoms with E-state index >= 15 is 0 Å². The molecule has 4 fully saturated rings. The van der Waals surface area contributed by atoms with E-state index in [2.05, 4.69) is 13.8 Å². The largest absolute Gasteiger partial charge is 0.389 e. The maximum Gasteiger partial charge on any atom is 0.389 e. The maximum absolute atomic E-state index is 12.8. The monoisotopic (exact) mass is 370 g/mol. The molecule has 0 aromatic rings. The van der Waals surface area contributed by atoms with Gasteiger partial charge in [0.05, 0.1) is 0 Å². The fourth-order valence-electron chi connectivity index (χ4n) is 7.97. The number of carbonyl (C=O) groups is 1. The highest BCUT2D eigenvalue weighted by molar-refractivity contribution is 5.79. The summed E-state index contributed by atoms with van der Waals surface area (Å²) in [5, 5.41) is 0. The summed E-state index contributed by atoms with van der Waals surface area (Å²) in [5.74, 6) is 3.22. The van der Waals surface area contributed by atoms with Crippen LogP contribution in [-0.2, 0) is 4.79 Å². The van der Waals surface area contributed by atoms with Gasteiger partial charge < -0.3 is 0 Å². The molecule has 26 heavy (non-hydrogen) atoms. The minimum Gasteiger partial charge on any atom is -0.300 e. The highest BCUT2D eigenvalue weighted by Crippen LogP contribution is 2.67. The Bertz CT molecular complexity index is 570. The van der Waals surface area contributed by atoms with Crippen molar-refractivity contribution in [2.75, 3.05) is 0 Å². The van der Waals surface area contributed by atoms with Crippen molar-refractivity contribution >= 4 is 5.78 Å². The van der Waals surface area contributed by atoms with E-state index in [9.17, 15) is 18.0 Å². The molecule has 4 aliphatic rings. The topological polar surface area (TPSA) is 17.1 Å². The SMILES string of the molecule is CC12CCC3C(CCC4CC(=O)CC[C@@]43C)C1CCC2CCC(F)(F)F. The summed E-state index contributed by atoms with van der Waals surface area (Å²) in [6.07, 6.45) is 4.97. The van der Waals surface area contributed by atoms with Gasteiger partial charge in [0.25, 0.3) is 0 Å². The summed E-state index contributed by atoms with van der Waals surface area (Å²) in [5.41, 5.74) is 0.405. The molecular formula is C22H33F3O. The van der Waals surface area contributed by atoms with Gasteiger partial charge in [0.2, 0.25) is 0 Å². The van der Waals surface area contributed by atoms with E-state index in [0.29, 0.717) is 41.3 Å². The molecule has 0 aromatic carbocycles. The lowest BCUT2D eigenvalue weighted by molar-refractivity contribution is -0.147. The van der Waals surface area contributed by atoms with E-state index in [0.717, 1.165) is 44.9 Å². The van der Waals surface area contributed by atoms with Crippen molar-refractivity contribution in [2.45, 2.75) is 90.7 Å². The van der Waals surface area contributed by atoms with Crippen LogP contribution in [0.3, 0.4) is 0 Å². The zero-order chi connectivity index (χ0) is 18.7. The summed E-state index contributed by atoms with van der Waals surface area (Å²) in [6, 6.07) is 0. The van der Waals surface area contributed by atoms with Gasteiger partial charge in [-0.05, 0) is 91.8 Å². The van der Waals surface area contributed by atoms with Gasteiger partial charge in [0.15, 0.2) is 0 Å². The van der Waals surface area contributed by atoms with Crippen molar-refractivity contribution < 1.29 is 18.0 Å². The molecule has 148 valence electrons. The molecule has 0 bridgehead atoms. The van der Waals surface area contributed by atoms with Crippen LogP contribution in [0.4, 0.5) is 13.2 Å². The first-order valence-corrected chi connectivity index (χ1v) is 10.7. The lowest BCUT2D eigenvalue weighted by Crippen LogP contribution is -2.53. The van der Waals surface area contributed by atoms with E-state index in [1.807, 2.05) is 0 Å². The molecule has 1 nitrogen and oxygen atoms in total. The maximum atomic E-state index is 12.8. The Morgan fingerprint density at radius 3 is 2.42 bits per heavy atom. The fourth-order valence-corrected chi connectivity index (χ4v) is 7.97. The first-order valence-electron chi connectivity index (χ1n) is 10.7. The van der Waals surface area contributed by atoms with Crippen molar-refractivity contribution in [1.29, 1.82) is 0 Å². The lowest BCUT2D eigenvalue weighted by Gasteiger charge is -2.60. The van der Waals surface area contributed by atoms with Gasteiger partial charge in [-0.25, -0.2) is 0 Å². The molecule has 0 aromatic heterocycles. The minimum absolute atomic E-state index is 0.111. The van der Waals surface area contributed by atoms with Crippen LogP contribution in [0.25, 0.3) is 0 Å². The van der Waals surface area contributed by atoms with E-state index < -0.39 is 12.6 Å². The second-order valence-electron chi connectivity index (χ2n) is 10.4. The Kier molecular flexibility index (Phi) is 4.51. The molecule has 4 saturated carbocycles. The molecule has 4 rings (SSSR count).